The van der Waals surface area contributed by atoms with Crippen molar-refractivity contribution < 1.29 is 13.2 Å². The Morgan fingerprint density at radius 3 is 2.16 bits per heavy atom. The normalized spacial score (nSPS) is 11.6. The molecule has 0 aliphatic heterocycles. The number of nitrogens with zero attached hydrogens (tertiary/aromatic N) is 4. The number of nitrogens with two attached hydrogens (primary N) is 1. The highest BCUT2D eigenvalue weighted by Crippen LogP contribution is 2.29. The highest BCUT2D eigenvalue weighted by Gasteiger charge is 2.30. The van der Waals surface area contributed by atoms with E-state index in [4.69, 9.17) is 5.73 Å². The van der Waals surface area contributed by atoms with Gasteiger partial charge in [0.15, 0.2) is 0 Å². The van der Waals surface area contributed by atoms with E-state index in [1.54, 1.807) is 19.0 Å². The van der Waals surface area contributed by atoms with Crippen molar-refractivity contribution in [3.63, 3.8) is 0 Å². The Hall–Kier alpha value is -2.25. The first kappa shape index (κ1) is 13.2. The molecule has 2 aromatic rings. The van der Waals surface area contributed by atoms with Gasteiger partial charge in [-0.3, -0.25) is 0 Å². The van der Waals surface area contributed by atoms with Crippen LogP contribution in [-0.4, -0.2) is 28.9 Å². The summed E-state index contributed by atoms with van der Waals surface area (Å²) in [7, 11) is 3.48. The first-order valence-electron chi connectivity index (χ1n) is 5.36. The zero-order valence-electron chi connectivity index (χ0n) is 10.3. The maximum absolute atomic E-state index is 12.4. The van der Waals surface area contributed by atoms with Crippen LogP contribution in [0, 0.1) is 0 Å². The second-order valence-electron chi connectivity index (χ2n) is 4.12. The highest BCUT2D eigenvalue weighted by atomic mass is 19.4. The zero-order valence-corrected chi connectivity index (χ0v) is 10.3. The molecular formula is C11H12F3N5. The lowest BCUT2D eigenvalue weighted by molar-refractivity contribution is -0.137. The van der Waals surface area contributed by atoms with Crippen LogP contribution in [0.15, 0.2) is 24.3 Å². The highest BCUT2D eigenvalue weighted by molar-refractivity contribution is 5.43. The van der Waals surface area contributed by atoms with Crippen LogP contribution in [0.2, 0.25) is 0 Å². The van der Waals surface area contributed by atoms with Crippen LogP contribution in [0.1, 0.15) is 5.56 Å². The summed E-state index contributed by atoms with van der Waals surface area (Å²) in [5, 5.41) is 4.10. The van der Waals surface area contributed by atoms with E-state index in [2.05, 4.69) is 10.1 Å². The summed E-state index contributed by atoms with van der Waals surface area (Å²) < 4.78 is 38.6. The average Bonchev–Trinajstić information content (AvgIpc) is 2.70. The van der Waals surface area contributed by atoms with E-state index in [1.807, 2.05) is 0 Å². The molecule has 2 rings (SSSR count). The molecule has 8 heteroatoms. The van der Waals surface area contributed by atoms with E-state index in [-0.39, 0.29) is 5.95 Å². The molecular weight excluding hydrogens is 259 g/mol. The molecule has 0 bridgehead atoms. The van der Waals surface area contributed by atoms with Gasteiger partial charge in [-0.25, -0.2) is 0 Å². The van der Waals surface area contributed by atoms with Gasteiger partial charge in [0.25, 0.3) is 0 Å². The quantitative estimate of drug-likeness (QED) is 0.906. The van der Waals surface area contributed by atoms with Crippen molar-refractivity contribution in [1.82, 2.24) is 14.8 Å². The van der Waals surface area contributed by atoms with Crippen LogP contribution >= 0.6 is 0 Å². The van der Waals surface area contributed by atoms with Gasteiger partial charge in [0.1, 0.15) is 0 Å². The zero-order chi connectivity index (χ0) is 14.2. The predicted molar refractivity (Wildman–Crippen MR) is 65.1 cm³/mol. The van der Waals surface area contributed by atoms with E-state index in [0.717, 1.165) is 12.1 Å². The molecule has 0 unspecified atom stereocenters. The molecule has 0 saturated carbocycles. The molecule has 2 N–H and O–H groups in total. The molecule has 0 radical (unpaired) electrons. The van der Waals surface area contributed by atoms with E-state index in [9.17, 15) is 13.2 Å². The summed E-state index contributed by atoms with van der Waals surface area (Å²) in [6.07, 6.45) is -4.36. The van der Waals surface area contributed by atoms with Crippen molar-refractivity contribution in [2.75, 3.05) is 24.7 Å². The Bertz CT molecular complexity index is 571. The molecule has 102 valence electrons. The Morgan fingerprint density at radius 2 is 1.74 bits per heavy atom. The number of halogens is 3. The van der Waals surface area contributed by atoms with Crippen LogP contribution < -0.4 is 10.6 Å². The maximum atomic E-state index is 12.4. The van der Waals surface area contributed by atoms with Crippen LogP contribution in [-0.2, 0) is 6.18 Å². The first-order chi connectivity index (χ1) is 8.79. The lowest BCUT2D eigenvalue weighted by atomic mass is 10.2. The SMILES string of the molecule is CN(C)c1nc(N)n(-c2ccc(C(F)(F)F)cc2)n1. The molecule has 1 aromatic carbocycles. The number of hydrogen-bond acceptors (Lipinski definition) is 4. The largest absolute Gasteiger partial charge is 0.416 e. The fourth-order valence-corrected chi connectivity index (χ4v) is 1.48. The summed E-state index contributed by atoms with van der Waals surface area (Å²) in [5.41, 5.74) is 5.38. The van der Waals surface area contributed by atoms with Gasteiger partial charge in [-0.2, -0.15) is 22.8 Å². The van der Waals surface area contributed by atoms with Crippen LogP contribution in [0.25, 0.3) is 5.69 Å². The first-order valence-corrected chi connectivity index (χ1v) is 5.36. The van der Waals surface area contributed by atoms with Gasteiger partial charge >= 0.3 is 6.18 Å². The average molecular weight is 271 g/mol. The molecule has 5 nitrogen and oxygen atoms in total. The summed E-state index contributed by atoms with van der Waals surface area (Å²) >= 11 is 0. The van der Waals surface area contributed by atoms with Crippen molar-refractivity contribution >= 4 is 11.9 Å². The number of rotatable bonds is 2. The molecule has 0 aliphatic rings. The minimum atomic E-state index is -4.36. The van der Waals surface area contributed by atoms with Crippen molar-refractivity contribution in [2.45, 2.75) is 6.18 Å². The summed E-state index contributed by atoms with van der Waals surface area (Å²) in [5.74, 6) is 0.501. The van der Waals surface area contributed by atoms with Gasteiger partial charge in [0.05, 0.1) is 11.3 Å². The fourth-order valence-electron chi connectivity index (χ4n) is 1.48. The van der Waals surface area contributed by atoms with E-state index in [1.165, 1.54) is 16.8 Å². The van der Waals surface area contributed by atoms with Gasteiger partial charge in [0.2, 0.25) is 11.9 Å². The second kappa shape index (κ2) is 4.45. The van der Waals surface area contributed by atoms with Crippen LogP contribution in [0.4, 0.5) is 25.1 Å². The Labute approximate surface area is 107 Å². The third-order valence-corrected chi connectivity index (χ3v) is 2.46. The van der Waals surface area contributed by atoms with E-state index >= 15 is 0 Å². The van der Waals surface area contributed by atoms with Crippen molar-refractivity contribution in [3.05, 3.63) is 29.8 Å². The van der Waals surface area contributed by atoms with Crippen LogP contribution in [0.3, 0.4) is 0 Å². The topological polar surface area (TPSA) is 60.0 Å². The maximum Gasteiger partial charge on any atom is 0.416 e. The molecule has 0 fully saturated rings. The van der Waals surface area contributed by atoms with Crippen molar-refractivity contribution in [3.8, 4) is 5.69 Å². The monoisotopic (exact) mass is 271 g/mol. The second-order valence-corrected chi connectivity index (χ2v) is 4.12. The summed E-state index contributed by atoms with van der Waals surface area (Å²) in [4.78, 5) is 5.64. The summed E-state index contributed by atoms with van der Waals surface area (Å²) in [6, 6.07) is 4.55. The Morgan fingerprint density at radius 1 is 1.16 bits per heavy atom. The number of hydrogen-bond donors (Lipinski definition) is 1. The van der Waals surface area contributed by atoms with Gasteiger partial charge in [-0.05, 0) is 24.3 Å². The molecule has 0 amide bonds. The van der Waals surface area contributed by atoms with Gasteiger partial charge < -0.3 is 10.6 Å². The van der Waals surface area contributed by atoms with E-state index in [0.29, 0.717) is 11.6 Å². The third-order valence-electron chi connectivity index (χ3n) is 2.46. The molecule has 0 atom stereocenters. The number of alkyl halides is 3. The number of nitrogen functional groups attached to an aromatic ring is 1. The third kappa shape index (κ3) is 2.61. The molecule has 1 aromatic heterocycles. The number of anilines is 2. The summed E-state index contributed by atoms with van der Waals surface area (Å²) in [6.45, 7) is 0. The molecule has 0 aliphatic carbocycles. The van der Waals surface area contributed by atoms with Crippen molar-refractivity contribution in [2.24, 2.45) is 0 Å². The molecule has 19 heavy (non-hydrogen) atoms. The minimum absolute atomic E-state index is 0.114. The molecule has 0 saturated heterocycles. The Kier molecular flexibility index (Phi) is 3.09. The molecule has 1 heterocycles. The number of benzene rings is 1. The van der Waals surface area contributed by atoms with Crippen molar-refractivity contribution in [1.29, 1.82) is 0 Å². The van der Waals surface area contributed by atoms with Gasteiger partial charge in [0, 0.05) is 14.1 Å². The van der Waals surface area contributed by atoms with Gasteiger partial charge in [-0.1, -0.05) is 0 Å². The lowest BCUT2D eigenvalue weighted by Gasteiger charge is -2.08. The minimum Gasteiger partial charge on any atom is -0.368 e. The van der Waals surface area contributed by atoms with Gasteiger partial charge in [-0.15, -0.1) is 5.10 Å². The standard InChI is InChI=1S/C11H12F3N5/c1-18(2)10-16-9(15)19(17-10)8-5-3-7(4-6-8)11(12,13)14/h3-6H,1-2H3,(H2,15,16,17). The predicted octanol–water partition coefficient (Wildman–Crippen LogP) is 1.93. The van der Waals surface area contributed by atoms with E-state index < -0.39 is 11.7 Å². The Balaban J connectivity index is 2.37. The molecule has 0 spiro atoms. The fraction of sp³-hybridized carbons (Fsp3) is 0.273. The number of aromatic nitrogens is 3. The lowest BCUT2D eigenvalue weighted by Crippen LogP contribution is -2.11. The van der Waals surface area contributed by atoms with Crippen LogP contribution in [0.5, 0.6) is 0 Å². The smallest absolute Gasteiger partial charge is 0.368 e.